The van der Waals surface area contributed by atoms with Crippen LogP contribution >= 0.6 is 0 Å². The van der Waals surface area contributed by atoms with Crippen molar-refractivity contribution in [2.24, 2.45) is 5.92 Å². The maximum absolute atomic E-state index is 12.8. The highest BCUT2D eigenvalue weighted by molar-refractivity contribution is 5.82. The number of nitrogens with zero attached hydrogens (tertiary/aromatic N) is 2. The average Bonchev–Trinajstić information content (AvgIpc) is 2.67. The standard InChI is InChI=1S/C22H28N2O5/c1-5-28-20(25)18-14-23(21(26)29-22(2,3)4)12-10-16(18)15-11-13-24(27)19-9-7-6-8-17(15)19/h6-9,11,13,16,18H,5,10,12,14H2,1-4H3/t16-,18+/m1/s1. The summed E-state index contributed by atoms with van der Waals surface area (Å²) in [6.07, 6.45) is 1.62. The molecule has 1 aromatic heterocycles. The molecule has 2 aromatic rings. The van der Waals surface area contributed by atoms with Crippen LogP contribution in [0.1, 0.15) is 45.6 Å². The summed E-state index contributed by atoms with van der Waals surface area (Å²) in [5.41, 5.74) is 0.877. The number of piperidine rings is 1. The number of benzene rings is 1. The first-order chi connectivity index (χ1) is 13.7. The largest absolute Gasteiger partial charge is 0.618 e. The molecule has 1 fully saturated rings. The molecule has 2 heterocycles. The summed E-state index contributed by atoms with van der Waals surface area (Å²) in [6.45, 7) is 8.16. The monoisotopic (exact) mass is 400 g/mol. The number of esters is 1. The molecule has 1 saturated heterocycles. The number of pyridine rings is 1. The van der Waals surface area contributed by atoms with Crippen molar-refractivity contribution in [3.05, 3.63) is 47.3 Å². The van der Waals surface area contributed by atoms with Crippen LogP contribution in [0.25, 0.3) is 10.9 Å². The molecule has 0 N–H and O–H groups in total. The SMILES string of the molecule is CCOC(=O)[C@H]1CN(C(=O)OC(C)(C)C)CC[C@@H]1c1cc[n+]([O-])c2ccccc12. The van der Waals surface area contributed by atoms with Gasteiger partial charge in [-0.2, -0.15) is 4.73 Å². The number of fused-ring (bicyclic) bond motifs is 1. The lowest BCUT2D eigenvalue weighted by molar-refractivity contribution is -0.577. The zero-order chi connectivity index (χ0) is 21.2. The van der Waals surface area contributed by atoms with Crippen molar-refractivity contribution in [3.63, 3.8) is 0 Å². The van der Waals surface area contributed by atoms with Crippen molar-refractivity contribution in [3.8, 4) is 0 Å². The predicted molar refractivity (Wildman–Crippen MR) is 108 cm³/mol. The molecule has 7 nitrogen and oxygen atoms in total. The Balaban J connectivity index is 1.94. The smallest absolute Gasteiger partial charge is 0.410 e. The van der Waals surface area contributed by atoms with Crippen LogP contribution in [0.2, 0.25) is 0 Å². The van der Waals surface area contributed by atoms with Gasteiger partial charge < -0.3 is 19.6 Å². The van der Waals surface area contributed by atoms with Gasteiger partial charge in [-0.15, -0.1) is 0 Å². The molecule has 2 atom stereocenters. The number of hydrogen-bond acceptors (Lipinski definition) is 5. The van der Waals surface area contributed by atoms with Crippen molar-refractivity contribution in [1.82, 2.24) is 4.90 Å². The van der Waals surface area contributed by atoms with E-state index in [9.17, 15) is 14.8 Å². The van der Waals surface area contributed by atoms with Gasteiger partial charge in [0, 0.05) is 31.1 Å². The maximum Gasteiger partial charge on any atom is 0.410 e. The Hall–Kier alpha value is -2.83. The Morgan fingerprint density at radius 1 is 1.24 bits per heavy atom. The zero-order valence-corrected chi connectivity index (χ0v) is 17.4. The van der Waals surface area contributed by atoms with Gasteiger partial charge in [-0.25, -0.2) is 4.79 Å². The molecule has 0 unspecified atom stereocenters. The van der Waals surface area contributed by atoms with E-state index in [-0.39, 0.29) is 25.0 Å². The number of ether oxygens (including phenoxy) is 2. The summed E-state index contributed by atoms with van der Waals surface area (Å²) in [7, 11) is 0. The Morgan fingerprint density at radius 3 is 2.66 bits per heavy atom. The van der Waals surface area contributed by atoms with Crippen molar-refractivity contribution in [2.75, 3.05) is 19.7 Å². The molecule has 156 valence electrons. The third kappa shape index (κ3) is 4.60. The van der Waals surface area contributed by atoms with Crippen molar-refractivity contribution in [1.29, 1.82) is 0 Å². The van der Waals surface area contributed by atoms with E-state index in [2.05, 4.69) is 0 Å². The molecule has 3 rings (SSSR count). The van der Waals surface area contributed by atoms with E-state index in [0.717, 1.165) is 15.7 Å². The molecule has 0 bridgehead atoms. The fourth-order valence-corrected chi connectivity index (χ4v) is 3.86. The third-order valence-corrected chi connectivity index (χ3v) is 5.10. The summed E-state index contributed by atoms with van der Waals surface area (Å²) in [6, 6.07) is 9.12. The van der Waals surface area contributed by atoms with E-state index >= 15 is 0 Å². The van der Waals surface area contributed by atoms with Gasteiger partial charge >= 0.3 is 12.1 Å². The molecule has 1 aliphatic rings. The first kappa shape index (κ1) is 20.9. The van der Waals surface area contributed by atoms with E-state index < -0.39 is 17.6 Å². The van der Waals surface area contributed by atoms with E-state index in [4.69, 9.17) is 9.47 Å². The highest BCUT2D eigenvalue weighted by Crippen LogP contribution is 2.37. The molecular weight excluding hydrogens is 372 g/mol. The molecule has 1 aromatic carbocycles. The molecule has 0 radical (unpaired) electrons. The van der Waals surface area contributed by atoms with Crippen LogP contribution in [0, 0.1) is 11.1 Å². The second-order valence-electron chi connectivity index (χ2n) is 8.29. The molecule has 1 amide bonds. The average molecular weight is 400 g/mol. The molecule has 1 aliphatic heterocycles. The fraction of sp³-hybridized carbons (Fsp3) is 0.500. The number of carbonyl (C=O) groups excluding carboxylic acids is 2. The number of rotatable bonds is 3. The summed E-state index contributed by atoms with van der Waals surface area (Å²) in [5.74, 6) is -1.02. The molecule has 0 spiro atoms. The zero-order valence-electron chi connectivity index (χ0n) is 17.4. The van der Waals surface area contributed by atoms with Gasteiger partial charge in [0.25, 0.3) is 0 Å². The van der Waals surface area contributed by atoms with Crippen LogP contribution in [0.3, 0.4) is 0 Å². The minimum atomic E-state index is -0.606. The molecule has 0 aliphatic carbocycles. The van der Waals surface area contributed by atoms with Crippen LogP contribution in [0.15, 0.2) is 36.5 Å². The Labute approximate surface area is 170 Å². The topological polar surface area (TPSA) is 82.8 Å². The minimum Gasteiger partial charge on any atom is -0.618 e. The first-order valence-corrected chi connectivity index (χ1v) is 9.96. The summed E-state index contributed by atoms with van der Waals surface area (Å²) in [4.78, 5) is 26.9. The number of likely N-dealkylation sites (tertiary alicyclic amines) is 1. The highest BCUT2D eigenvalue weighted by atomic mass is 16.6. The Kier molecular flexibility index (Phi) is 5.96. The fourth-order valence-electron chi connectivity index (χ4n) is 3.86. The van der Waals surface area contributed by atoms with Gasteiger partial charge in [0.1, 0.15) is 5.60 Å². The van der Waals surface area contributed by atoms with Crippen LogP contribution in [0.4, 0.5) is 4.79 Å². The quantitative estimate of drug-likeness (QED) is 0.448. The first-order valence-electron chi connectivity index (χ1n) is 9.96. The molecule has 29 heavy (non-hydrogen) atoms. The normalized spacial score (nSPS) is 19.8. The van der Waals surface area contributed by atoms with Gasteiger partial charge in [0.05, 0.1) is 17.9 Å². The van der Waals surface area contributed by atoms with E-state index in [1.54, 1.807) is 24.0 Å². The second kappa shape index (κ2) is 8.27. The van der Waals surface area contributed by atoms with Gasteiger partial charge in [-0.05, 0) is 45.7 Å². The minimum absolute atomic E-state index is 0.154. The molecule has 7 heteroatoms. The van der Waals surface area contributed by atoms with E-state index in [1.807, 2.05) is 39.0 Å². The van der Waals surface area contributed by atoms with Crippen molar-refractivity contribution >= 4 is 23.0 Å². The Bertz CT molecular complexity index is 906. The van der Waals surface area contributed by atoms with Crippen molar-refractivity contribution in [2.45, 2.75) is 45.6 Å². The predicted octanol–water partition coefficient (Wildman–Crippen LogP) is 3.38. The lowest BCUT2D eigenvalue weighted by atomic mass is 9.79. The number of para-hydroxylation sites is 1. The van der Waals surface area contributed by atoms with Crippen LogP contribution < -0.4 is 4.73 Å². The van der Waals surface area contributed by atoms with Gasteiger partial charge in [-0.1, -0.05) is 12.1 Å². The van der Waals surface area contributed by atoms with Gasteiger partial charge in [0.15, 0.2) is 6.20 Å². The Morgan fingerprint density at radius 2 is 1.97 bits per heavy atom. The van der Waals surface area contributed by atoms with E-state index in [0.29, 0.717) is 18.5 Å². The van der Waals surface area contributed by atoms with Crippen LogP contribution in [0.5, 0.6) is 0 Å². The molecule has 0 saturated carbocycles. The number of amides is 1. The van der Waals surface area contributed by atoms with Gasteiger partial charge in [0.2, 0.25) is 5.52 Å². The number of aromatic nitrogens is 1. The lowest BCUT2D eigenvalue weighted by Crippen LogP contribution is -2.48. The van der Waals surface area contributed by atoms with Crippen LogP contribution in [-0.2, 0) is 14.3 Å². The molecular formula is C22H28N2O5. The van der Waals surface area contributed by atoms with Crippen molar-refractivity contribution < 1.29 is 23.8 Å². The van der Waals surface area contributed by atoms with Gasteiger partial charge in [-0.3, -0.25) is 4.79 Å². The summed E-state index contributed by atoms with van der Waals surface area (Å²) >= 11 is 0. The summed E-state index contributed by atoms with van der Waals surface area (Å²) in [5, 5.41) is 13.0. The lowest BCUT2D eigenvalue weighted by Gasteiger charge is -2.38. The summed E-state index contributed by atoms with van der Waals surface area (Å²) < 4.78 is 11.6. The maximum atomic E-state index is 12.8. The third-order valence-electron chi connectivity index (χ3n) is 5.10. The second-order valence-corrected chi connectivity index (χ2v) is 8.29. The number of hydrogen-bond donors (Lipinski definition) is 0. The highest BCUT2D eigenvalue weighted by Gasteiger charge is 2.40. The number of carbonyl (C=O) groups is 2. The van der Waals surface area contributed by atoms with E-state index in [1.165, 1.54) is 6.20 Å². The van der Waals surface area contributed by atoms with Crippen LogP contribution in [-0.4, -0.2) is 42.3 Å².